The molecule has 0 aliphatic carbocycles. The van der Waals surface area contributed by atoms with Gasteiger partial charge in [-0.25, -0.2) is 0 Å². The third-order valence-corrected chi connectivity index (χ3v) is 3.19. The van der Waals surface area contributed by atoms with Gasteiger partial charge in [0.05, 0.1) is 12.6 Å². The van der Waals surface area contributed by atoms with Gasteiger partial charge in [-0.15, -0.1) is 0 Å². The minimum Gasteiger partial charge on any atom is -0.493 e. The van der Waals surface area contributed by atoms with E-state index in [0.29, 0.717) is 10.8 Å². The van der Waals surface area contributed by atoms with Crippen molar-refractivity contribution < 1.29 is 9.90 Å². The molecule has 2 heterocycles. The van der Waals surface area contributed by atoms with Crippen molar-refractivity contribution in [1.82, 2.24) is 20.3 Å². The summed E-state index contributed by atoms with van der Waals surface area (Å²) in [5, 5.41) is 12.9. The van der Waals surface area contributed by atoms with Gasteiger partial charge in [0.25, 0.3) is 17.0 Å². The minimum atomic E-state index is -0.529. The SMILES string of the molecule is O=C(NCc1nc(O)cc(=O)[nH]1)c1cc2ccccc2c(=O)[nH]1. The highest BCUT2D eigenvalue weighted by Gasteiger charge is 2.10. The second-order valence-corrected chi connectivity index (χ2v) is 4.83. The van der Waals surface area contributed by atoms with E-state index in [1.165, 1.54) is 0 Å². The molecular formula is C15H12N4O4. The summed E-state index contributed by atoms with van der Waals surface area (Å²) in [5.74, 6) is -0.859. The monoisotopic (exact) mass is 312 g/mol. The Morgan fingerprint density at radius 1 is 1.17 bits per heavy atom. The first-order chi connectivity index (χ1) is 11.0. The number of carbonyl (C=O) groups excluding carboxylic acids is 1. The second-order valence-electron chi connectivity index (χ2n) is 4.83. The fourth-order valence-corrected chi connectivity index (χ4v) is 2.17. The van der Waals surface area contributed by atoms with Gasteiger partial charge in [0, 0.05) is 5.39 Å². The van der Waals surface area contributed by atoms with E-state index in [4.69, 9.17) is 0 Å². The maximum Gasteiger partial charge on any atom is 0.268 e. The van der Waals surface area contributed by atoms with E-state index in [2.05, 4.69) is 20.3 Å². The van der Waals surface area contributed by atoms with E-state index in [1.54, 1.807) is 30.3 Å². The Balaban J connectivity index is 1.83. The molecule has 0 bridgehead atoms. The van der Waals surface area contributed by atoms with Crippen LogP contribution in [0.15, 0.2) is 46.0 Å². The van der Waals surface area contributed by atoms with Crippen molar-refractivity contribution in [1.29, 1.82) is 0 Å². The smallest absolute Gasteiger partial charge is 0.268 e. The first-order valence-corrected chi connectivity index (χ1v) is 6.72. The van der Waals surface area contributed by atoms with Crippen LogP contribution < -0.4 is 16.4 Å². The predicted molar refractivity (Wildman–Crippen MR) is 82.3 cm³/mol. The summed E-state index contributed by atoms with van der Waals surface area (Å²) in [4.78, 5) is 43.8. The molecular weight excluding hydrogens is 300 g/mol. The summed E-state index contributed by atoms with van der Waals surface area (Å²) in [5.41, 5.74) is -0.797. The molecule has 0 fully saturated rings. The van der Waals surface area contributed by atoms with Gasteiger partial charge in [0.15, 0.2) is 0 Å². The fraction of sp³-hybridized carbons (Fsp3) is 0.0667. The average molecular weight is 312 g/mol. The molecule has 0 spiro atoms. The van der Waals surface area contributed by atoms with Crippen molar-refractivity contribution in [3.05, 3.63) is 68.6 Å². The number of rotatable bonds is 3. The molecule has 0 saturated heterocycles. The van der Waals surface area contributed by atoms with Crippen LogP contribution in [0.2, 0.25) is 0 Å². The van der Waals surface area contributed by atoms with Crippen molar-refractivity contribution in [2.24, 2.45) is 0 Å². The number of benzene rings is 1. The van der Waals surface area contributed by atoms with E-state index in [1.807, 2.05) is 0 Å². The van der Waals surface area contributed by atoms with Crippen LogP contribution in [0.5, 0.6) is 5.88 Å². The molecule has 8 nitrogen and oxygen atoms in total. The number of aromatic amines is 2. The number of hydrogen-bond donors (Lipinski definition) is 4. The number of nitrogens with one attached hydrogen (secondary N) is 3. The molecule has 3 aromatic rings. The Labute approximate surface area is 128 Å². The average Bonchev–Trinajstić information content (AvgIpc) is 2.51. The lowest BCUT2D eigenvalue weighted by molar-refractivity contribution is 0.0944. The third-order valence-electron chi connectivity index (χ3n) is 3.19. The zero-order chi connectivity index (χ0) is 16.4. The number of nitrogens with zero attached hydrogens (tertiary/aromatic N) is 1. The molecule has 0 aliphatic rings. The van der Waals surface area contributed by atoms with Crippen molar-refractivity contribution in [3.8, 4) is 5.88 Å². The van der Waals surface area contributed by atoms with Gasteiger partial charge >= 0.3 is 0 Å². The first kappa shape index (κ1) is 14.5. The Morgan fingerprint density at radius 2 is 1.96 bits per heavy atom. The number of carbonyl (C=O) groups is 1. The van der Waals surface area contributed by atoms with Crippen LogP contribution in [0.3, 0.4) is 0 Å². The van der Waals surface area contributed by atoms with Crippen molar-refractivity contribution in [3.63, 3.8) is 0 Å². The van der Waals surface area contributed by atoms with E-state index in [9.17, 15) is 19.5 Å². The van der Waals surface area contributed by atoms with E-state index < -0.39 is 17.3 Å². The van der Waals surface area contributed by atoms with Gasteiger partial charge in [-0.05, 0) is 17.5 Å². The second kappa shape index (κ2) is 5.76. The highest BCUT2D eigenvalue weighted by atomic mass is 16.3. The lowest BCUT2D eigenvalue weighted by Crippen LogP contribution is -2.27. The molecule has 2 aromatic heterocycles. The zero-order valence-electron chi connectivity index (χ0n) is 11.8. The quantitative estimate of drug-likeness (QED) is 0.551. The summed E-state index contributed by atoms with van der Waals surface area (Å²) < 4.78 is 0. The van der Waals surface area contributed by atoms with Gasteiger partial charge < -0.3 is 20.4 Å². The highest BCUT2D eigenvalue weighted by molar-refractivity contribution is 5.96. The standard InChI is InChI=1S/C15H12N4O4/c20-12-6-13(21)19-11(18-12)7-16-15(23)10-5-8-3-1-2-4-9(8)14(22)17-10/h1-6H,7H2,(H,16,23)(H,17,22)(H2,18,19,20,21). The molecule has 1 amide bonds. The molecule has 1 aromatic carbocycles. The van der Waals surface area contributed by atoms with E-state index in [-0.39, 0.29) is 23.6 Å². The summed E-state index contributed by atoms with van der Waals surface area (Å²) in [7, 11) is 0. The maximum atomic E-state index is 12.1. The van der Waals surface area contributed by atoms with Crippen LogP contribution in [-0.2, 0) is 6.54 Å². The minimum absolute atomic E-state index is 0.0937. The molecule has 0 aliphatic heterocycles. The summed E-state index contributed by atoms with van der Waals surface area (Å²) in [6.07, 6.45) is 0. The molecule has 0 atom stereocenters. The molecule has 4 N–H and O–H groups in total. The van der Waals surface area contributed by atoms with E-state index in [0.717, 1.165) is 6.07 Å². The maximum absolute atomic E-state index is 12.1. The van der Waals surface area contributed by atoms with Gasteiger partial charge in [0.1, 0.15) is 11.5 Å². The van der Waals surface area contributed by atoms with Crippen molar-refractivity contribution in [2.45, 2.75) is 6.54 Å². The number of aromatic hydroxyl groups is 1. The lowest BCUT2D eigenvalue weighted by Gasteiger charge is -2.06. The van der Waals surface area contributed by atoms with Crippen LogP contribution in [0.1, 0.15) is 16.3 Å². The molecule has 0 radical (unpaired) electrons. The zero-order valence-corrected chi connectivity index (χ0v) is 11.8. The number of H-pyrrole nitrogens is 2. The van der Waals surface area contributed by atoms with Crippen LogP contribution in [0.25, 0.3) is 10.8 Å². The molecule has 116 valence electrons. The Hall–Kier alpha value is -3.42. The Morgan fingerprint density at radius 3 is 2.74 bits per heavy atom. The van der Waals surface area contributed by atoms with E-state index >= 15 is 0 Å². The van der Waals surface area contributed by atoms with Crippen LogP contribution in [0.4, 0.5) is 0 Å². The number of aromatic nitrogens is 3. The summed E-state index contributed by atoms with van der Waals surface area (Å²) in [6.45, 7) is -0.0999. The Kier molecular flexibility index (Phi) is 3.63. The fourth-order valence-electron chi connectivity index (χ4n) is 2.17. The highest BCUT2D eigenvalue weighted by Crippen LogP contribution is 2.09. The number of fused-ring (bicyclic) bond motifs is 1. The van der Waals surface area contributed by atoms with Gasteiger partial charge in [-0.3, -0.25) is 14.4 Å². The normalized spacial score (nSPS) is 10.6. The molecule has 0 saturated carbocycles. The van der Waals surface area contributed by atoms with Crippen LogP contribution >= 0.6 is 0 Å². The molecule has 8 heteroatoms. The third kappa shape index (κ3) is 3.10. The predicted octanol–water partition coefficient (Wildman–Crippen LogP) is 0.247. The topological polar surface area (TPSA) is 128 Å². The molecule has 23 heavy (non-hydrogen) atoms. The van der Waals surface area contributed by atoms with Gasteiger partial charge in [-0.1, -0.05) is 18.2 Å². The molecule has 3 rings (SSSR count). The van der Waals surface area contributed by atoms with Gasteiger partial charge in [-0.2, -0.15) is 4.98 Å². The van der Waals surface area contributed by atoms with Gasteiger partial charge in [0.2, 0.25) is 5.88 Å². The first-order valence-electron chi connectivity index (χ1n) is 6.72. The summed E-state index contributed by atoms with van der Waals surface area (Å²) in [6, 6.07) is 9.38. The number of pyridine rings is 1. The van der Waals surface area contributed by atoms with Crippen LogP contribution in [-0.4, -0.2) is 26.0 Å². The van der Waals surface area contributed by atoms with Crippen molar-refractivity contribution >= 4 is 16.7 Å². The Bertz CT molecular complexity index is 1010. The summed E-state index contributed by atoms with van der Waals surface area (Å²) >= 11 is 0. The lowest BCUT2D eigenvalue weighted by atomic mass is 10.1. The number of hydrogen-bond acceptors (Lipinski definition) is 5. The van der Waals surface area contributed by atoms with Crippen molar-refractivity contribution in [2.75, 3.05) is 0 Å². The largest absolute Gasteiger partial charge is 0.493 e. The molecule has 0 unspecified atom stereocenters. The number of amides is 1. The van der Waals surface area contributed by atoms with Crippen LogP contribution in [0, 0.1) is 0 Å².